The van der Waals surface area contributed by atoms with Crippen LogP contribution in [0.25, 0.3) is 11.0 Å². The first-order valence-corrected chi connectivity index (χ1v) is 7.08. The number of hydrogen-bond acceptors (Lipinski definition) is 2. The first kappa shape index (κ1) is 13.8. The predicted octanol–water partition coefficient (Wildman–Crippen LogP) is 3.39. The lowest BCUT2D eigenvalue weighted by Crippen LogP contribution is -2.23. The summed E-state index contributed by atoms with van der Waals surface area (Å²) in [5.41, 5.74) is 2.82. The molecule has 6 heteroatoms. The molecular weight excluding hydrogens is 337 g/mol. The Balaban J connectivity index is 1.75. The van der Waals surface area contributed by atoms with E-state index in [1.807, 2.05) is 0 Å². The van der Waals surface area contributed by atoms with E-state index in [1.54, 1.807) is 30.6 Å². The molecular formula is C15H11BrFN3O. The molecule has 0 saturated heterocycles. The van der Waals surface area contributed by atoms with Crippen LogP contribution < -0.4 is 5.32 Å². The molecule has 106 valence electrons. The van der Waals surface area contributed by atoms with Crippen molar-refractivity contribution in [1.29, 1.82) is 0 Å². The smallest absolute Gasteiger partial charge is 0.251 e. The lowest BCUT2D eigenvalue weighted by Gasteiger charge is -2.07. The van der Waals surface area contributed by atoms with E-state index >= 15 is 0 Å². The number of nitrogens with zero attached hydrogens (tertiary/aromatic N) is 1. The highest BCUT2D eigenvalue weighted by molar-refractivity contribution is 9.10. The Morgan fingerprint density at radius 1 is 1.29 bits per heavy atom. The highest BCUT2D eigenvalue weighted by Gasteiger charge is 2.09. The molecule has 0 aliphatic carbocycles. The van der Waals surface area contributed by atoms with Crippen molar-refractivity contribution in [3.8, 4) is 0 Å². The average Bonchev–Trinajstić information content (AvgIpc) is 2.95. The Labute approximate surface area is 128 Å². The molecule has 0 saturated carbocycles. The van der Waals surface area contributed by atoms with Gasteiger partial charge in [-0.1, -0.05) is 15.9 Å². The maximum atomic E-state index is 13.2. The van der Waals surface area contributed by atoms with Gasteiger partial charge >= 0.3 is 0 Å². The van der Waals surface area contributed by atoms with Gasteiger partial charge in [-0.15, -0.1) is 0 Å². The minimum atomic E-state index is -0.332. The molecule has 0 aliphatic rings. The summed E-state index contributed by atoms with van der Waals surface area (Å²) in [6.07, 6.45) is 1.58. The van der Waals surface area contributed by atoms with Crippen LogP contribution in [0.15, 0.2) is 47.2 Å². The van der Waals surface area contributed by atoms with Gasteiger partial charge in [-0.2, -0.15) is 0 Å². The first-order chi connectivity index (χ1) is 10.1. The van der Waals surface area contributed by atoms with Gasteiger partial charge in [0, 0.05) is 16.6 Å². The monoisotopic (exact) mass is 347 g/mol. The first-order valence-electron chi connectivity index (χ1n) is 6.29. The van der Waals surface area contributed by atoms with Crippen LogP contribution in [0.3, 0.4) is 0 Å². The molecule has 3 aromatic rings. The van der Waals surface area contributed by atoms with E-state index in [0.717, 1.165) is 15.5 Å². The van der Waals surface area contributed by atoms with E-state index in [9.17, 15) is 9.18 Å². The zero-order valence-electron chi connectivity index (χ0n) is 10.9. The van der Waals surface area contributed by atoms with Crippen LogP contribution in [-0.4, -0.2) is 15.9 Å². The topological polar surface area (TPSA) is 57.8 Å². The van der Waals surface area contributed by atoms with E-state index in [1.165, 1.54) is 12.1 Å². The van der Waals surface area contributed by atoms with Crippen LogP contribution >= 0.6 is 15.9 Å². The second-order valence-electron chi connectivity index (χ2n) is 4.55. The molecule has 2 aromatic carbocycles. The number of H-pyrrole nitrogens is 1. The molecule has 0 aliphatic heterocycles. The molecule has 1 aromatic heterocycles. The van der Waals surface area contributed by atoms with Crippen LogP contribution in [0.1, 0.15) is 15.9 Å². The van der Waals surface area contributed by atoms with Gasteiger partial charge in [0.2, 0.25) is 0 Å². The maximum absolute atomic E-state index is 13.2. The number of amides is 1. The fourth-order valence-corrected chi connectivity index (χ4v) is 2.42. The normalized spacial score (nSPS) is 10.8. The molecule has 2 N–H and O–H groups in total. The second kappa shape index (κ2) is 5.65. The number of imidazole rings is 1. The third kappa shape index (κ3) is 2.95. The molecule has 0 bridgehead atoms. The molecule has 0 spiro atoms. The standard InChI is InChI=1S/C15H11BrFN3O/c16-12-3-2-11(17)5-10(12)7-18-15(21)9-1-4-13-14(6-9)20-8-19-13/h1-6,8H,7H2,(H,18,21)(H,19,20). The van der Waals surface area contributed by atoms with E-state index in [2.05, 4.69) is 31.2 Å². The van der Waals surface area contributed by atoms with Gasteiger partial charge < -0.3 is 10.3 Å². The van der Waals surface area contributed by atoms with Crippen molar-refractivity contribution in [3.05, 3.63) is 64.1 Å². The number of fused-ring (bicyclic) bond motifs is 1. The highest BCUT2D eigenvalue weighted by Crippen LogP contribution is 2.18. The zero-order chi connectivity index (χ0) is 14.8. The van der Waals surface area contributed by atoms with Crippen molar-refractivity contribution >= 4 is 32.9 Å². The van der Waals surface area contributed by atoms with E-state index in [-0.39, 0.29) is 18.3 Å². The third-order valence-electron chi connectivity index (χ3n) is 3.13. The number of hydrogen-bond donors (Lipinski definition) is 2. The Hall–Kier alpha value is -2.21. The van der Waals surface area contributed by atoms with Crippen molar-refractivity contribution in [3.63, 3.8) is 0 Å². The van der Waals surface area contributed by atoms with Crippen LogP contribution in [0.5, 0.6) is 0 Å². The summed E-state index contributed by atoms with van der Waals surface area (Å²) in [5.74, 6) is -0.552. The van der Waals surface area contributed by atoms with E-state index < -0.39 is 0 Å². The van der Waals surface area contributed by atoms with Crippen LogP contribution in [0.2, 0.25) is 0 Å². The van der Waals surface area contributed by atoms with Gasteiger partial charge in [-0.3, -0.25) is 4.79 Å². The SMILES string of the molecule is O=C(NCc1cc(F)ccc1Br)c1ccc2nc[nH]c2c1. The molecule has 1 amide bonds. The molecule has 0 unspecified atom stereocenters. The van der Waals surface area contributed by atoms with Gasteiger partial charge in [-0.05, 0) is 42.0 Å². The summed E-state index contributed by atoms with van der Waals surface area (Å²) < 4.78 is 13.9. The molecule has 3 rings (SSSR count). The molecule has 0 atom stereocenters. The van der Waals surface area contributed by atoms with Crippen molar-refractivity contribution < 1.29 is 9.18 Å². The van der Waals surface area contributed by atoms with Crippen LogP contribution in [0.4, 0.5) is 4.39 Å². The van der Waals surface area contributed by atoms with Gasteiger partial charge in [0.05, 0.1) is 17.4 Å². The summed E-state index contributed by atoms with van der Waals surface area (Å²) in [7, 11) is 0. The average molecular weight is 348 g/mol. The Morgan fingerprint density at radius 2 is 2.14 bits per heavy atom. The molecule has 0 fully saturated rings. The maximum Gasteiger partial charge on any atom is 0.251 e. The molecule has 21 heavy (non-hydrogen) atoms. The quantitative estimate of drug-likeness (QED) is 0.762. The number of rotatable bonds is 3. The number of nitrogens with one attached hydrogen (secondary N) is 2. The van der Waals surface area contributed by atoms with Gasteiger partial charge in [0.25, 0.3) is 5.91 Å². The van der Waals surface area contributed by atoms with Gasteiger partial charge in [0.1, 0.15) is 5.82 Å². The molecule has 1 heterocycles. The largest absolute Gasteiger partial charge is 0.348 e. The predicted molar refractivity (Wildman–Crippen MR) is 81.4 cm³/mol. The fraction of sp³-hybridized carbons (Fsp3) is 0.0667. The third-order valence-corrected chi connectivity index (χ3v) is 3.90. The van der Waals surface area contributed by atoms with Crippen LogP contribution in [-0.2, 0) is 6.54 Å². The van der Waals surface area contributed by atoms with Crippen molar-refractivity contribution in [2.45, 2.75) is 6.54 Å². The number of benzene rings is 2. The highest BCUT2D eigenvalue weighted by atomic mass is 79.9. The summed E-state index contributed by atoms with van der Waals surface area (Å²) in [4.78, 5) is 19.2. The summed E-state index contributed by atoms with van der Waals surface area (Å²) >= 11 is 3.33. The number of aromatic amines is 1. The zero-order valence-corrected chi connectivity index (χ0v) is 12.4. The Morgan fingerprint density at radius 3 is 3.00 bits per heavy atom. The molecule has 4 nitrogen and oxygen atoms in total. The van der Waals surface area contributed by atoms with Crippen molar-refractivity contribution in [2.75, 3.05) is 0 Å². The number of carbonyl (C=O) groups is 1. The minimum absolute atomic E-state index is 0.220. The number of aromatic nitrogens is 2. The summed E-state index contributed by atoms with van der Waals surface area (Å²) in [6.45, 7) is 0.248. The van der Waals surface area contributed by atoms with Crippen LogP contribution in [0, 0.1) is 5.82 Å². The Kier molecular flexibility index (Phi) is 3.70. The lowest BCUT2D eigenvalue weighted by molar-refractivity contribution is 0.0951. The Bertz CT molecular complexity index is 816. The fourth-order valence-electron chi connectivity index (χ4n) is 2.03. The summed E-state index contributed by atoms with van der Waals surface area (Å²) in [6, 6.07) is 9.59. The van der Waals surface area contributed by atoms with E-state index in [0.29, 0.717) is 11.1 Å². The molecule has 0 radical (unpaired) electrons. The van der Waals surface area contributed by atoms with Crippen molar-refractivity contribution in [1.82, 2.24) is 15.3 Å². The van der Waals surface area contributed by atoms with Gasteiger partial charge in [0.15, 0.2) is 0 Å². The van der Waals surface area contributed by atoms with Crippen molar-refractivity contribution in [2.24, 2.45) is 0 Å². The van der Waals surface area contributed by atoms with E-state index in [4.69, 9.17) is 0 Å². The minimum Gasteiger partial charge on any atom is -0.348 e. The van der Waals surface area contributed by atoms with Gasteiger partial charge in [-0.25, -0.2) is 9.37 Å². The lowest BCUT2D eigenvalue weighted by atomic mass is 10.1. The number of carbonyl (C=O) groups excluding carboxylic acids is 1. The second-order valence-corrected chi connectivity index (χ2v) is 5.41. The summed E-state index contributed by atoms with van der Waals surface area (Å²) in [5, 5.41) is 2.77. The number of halogens is 2.